The molecule has 0 bridgehead atoms. The zero-order valence-corrected chi connectivity index (χ0v) is 22.0. The number of para-hydroxylation sites is 1. The lowest BCUT2D eigenvalue weighted by molar-refractivity contribution is -0.106. The monoisotopic (exact) mass is 518 g/mol. The fourth-order valence-corrected chi connectivity index (χ4v) is 4.00. The summed E-state index contributed by atoms with van der Waals surface area (Å²) in [6.07, 6.45) is 1.86. The molecule has 1 atom stereocenters. The summed E-state index contributed by atoms with van der Waals surface area (Å²) in [5.74, 6) is -3.34. The van der Waals surface area contributed by atoms with Gasteiger partial charge in [0.25, 0.3) is 5.92 Å². The summed E-state index contributed by atoms with van der Waals surface area (Å²) < 4.78 is 31.1. The van der Waals surface area contributed by atoms with Gasteiger partial charge in [-0.15, -0.1) is 0 Å². The number of pyridine rings is 1. The number of hydrogen-bond acceptors (Lipinski definition) is 5. The third kappa shape index (κ3) is 6.66. The molecule has 1 amide bonds. The molecular formula is C29H32F2N6O. The number of carbonyl (C=O) groups excluding carboxylic acids is 1. The summed E-state index contributed by atoms with van der Waals surface area (Å²) >= 11 is 0. The van der Waals surface area contributed by atoms with Crippen LogP contribution in [0.2, 0.25) is 0 Å². The predicted molar refractivity (Wildman–Crippen MR) is 147 cm³/mol. The number of nitrogens with zero attached hydrogens (tertiary/aromatic N) is 4. The second kappa shape index (κ2) is 13.2. The predicted octanol–water partition coefficient (Wildman–Crippen LogP) is 5.51. The van der Waals surface area contributed by atoms with E-state index in [1.165, 1.54) is 7.05 Å². The van der Waals surface area contributed by atoms with Gasteiger partial charge in [0.05, 0.1) is 29.7 Å². The first-order valence-electron chi connectivity index (χ1n) is 11.8. The van der Waals surface area contributed by atoms with Crippen LogP contribution in [0.15, 0.2) is 61.2 Å². The van der Waals surface area contributed by atoms with Crippen molar-refractivity contribution in [1.82, 2.24) is 14.8 Å². The molecule has 2 heterocycles. The number of halogens is 2. The molecule has 38 heavy (non-hydrogen) atoms. The molecular weight excluding hydrogens is 486 g/mol. The van der Waals surface area contributed by atoms with Gasteiger partial charge in [0.1, 0.15) is 5.69 Å². The highest BCUT2D eigenvalue weighted by Crippen LogP contribution is 2.40. The van der Waals surface area contributed by atoms with Gasteiger partial charge in [0.15, 0.2) is 0 Å². The first-order valence-corrected chi connectivity index (χ1v) is 11.8. The molecule has 0 spiro atoms. The Balaban J connectivity index is 0.000000947. The molecule has 0 saturated carbocycles. The minimum absolute atomic E-state index is 0.207. The van der Waals surface area contributed by atoms with Gasteiger partial charge in [-0.2, -0.15) is 19.1 Å². The van der Waals surface area contributed by atoms with Crippen LogP contribution in [0, 0.1) is 18.3 Å². The molecule has 0 radical (unpaired) electrons. The summed E-state index contributed by atoms with van der Waals surface area (Å²) in [6.45, 7) is 8.67. The molecule has 4 rings (SSSR count). The van der Waals surface area contributed by atoms with Gasteiger partial charge in [-0.25, -0.2) is 4.98 Å². The number of nitriles is 1. The molecule has 0 aliphatic rings. The van der Waals surface area contributed by atoms with E-state index >= 15 is 0 Å². The second-order valence-electron chi connectivity index (χ2n) is 8.40. The minimum atomic E-state index is -3.13. The number of amides is 1. The Morgan fingerprint density at radius 1 is 1.18 bits per heavy atom. The molecule has 9 heteroatoms. The lowest BCUT2D eigenvalue weighted by Crippen LogP contribution is -2.11. The van der Waals surface area contributed by atoms with Crippen LogP contribution in [0.5, 0.6) is 0 Å². The van der Waals surface area contributed by atoms with E-state index in [0.717, 1.165) is 23.4 Å². The first-order chi connectivity index (χ1) is 18.1. The van der Waals surface area contributed by atoms with Gasteiger partial charge in [-0.3, -0.25) is 9.48 Å². The Labute approximate surface area is 221 Å². The van der Waals surface area contributed by atoms with Crippen molar-refractivity contribution in [3.63, 3.8) is 0 Å². The van der Waals surface area contributed by atoms with Crippen LogP contribution in [-0.2, 0) is 17.3 Å². The SMILES string of the molecule is C=Cc1cc(-c2c(C(C)(F)F)nn(Cc3ccc(C(C)C#N)cc3)c2C)c2ccccc2n1.CN.NC=O. The highest BCUT2D eigenvalue weighted by molar-refractivity contribution is 5.96. The first kappa shape index (κ1) is 29.8. The van der Waals surface area contributed by atoms with Crippen molar-refractivity contribution < 1.29 is 13.6 Å². The molecule has 2 aromatic heterocycles. The van der Waals surface area contributed by atoms with Crippen molar-refractivity contribution in [2.45, 2.75) is 39.2 Å². The summed E-state index contributed by atoms with van der Waals surface area (Å²) in [5.41, 5.74) is 13.3. The third-order valence-electron chi connectivity index (χ3n) is 5.84. The Morgan fingerprint density at radius 2 is 1.79 bits per heavy atom. The molecule has 0 aliphatic heterocycles. The topological polar surface area (TPSA) is 124 Å². The van der Waals surface area contributed by atoms with E-state index in [9.17, 15) is 8.78 Å². The van der Waals surface area contributed by atoms with Gasteiger partial charge in [0.2, 0.25) is 6.41 Å². The third-order valence-corrected chi connectivity index (χ3v) is 5.84. The fourth-order valence-electron chi connectivity index (χ4n) is 4.00. The van der Waals surface area contributed by atoms with E-state index in [1.54, 1.807) is 16.8 Å². The number of benzene rings is 2. The largest absolute Gasteiger partial charge is 0.372 e. The zero-order valence-electron chi connectivity index (χ0n) is 22.0. The van der Waals surface area contributed by atoms with Crippen LogP contribution in [-0.4, -0.2) is 28.2 Å². The van der Waals surface area contributed by atoms with Crippen LogP contribution in [0.4, 0.5) is 8.78 Å². The van der Waals surface area contributed by atoms with Crippen molar-refractivity contribution >= 4 is 23.4 Å². The summed E-state index contributed by atoms with van der Waals surface area (Å²) in [5, 5.41) is 14.3. The minimum Gasteiger partial charge on any atom is -0.372 e. The maximum atomic E-state index is 14.8. The Morgan fingerprint density at radius 3 is 2.34 bits per heavy atom. The molecule has 198 valence electrons. The maximum absolute atomic E-state index is 14.8. The molecule has 0 aliphatic carbocycles. The van der Waals surface area contributed by atoms with Gasteiger partial charge in [-0.1, -0.05) is 49.0 Å². The van der Waals surface area contributed by atoms with Crippen molar-refractivity contribution in [1.29, 1.82) is 5.26 Å². The van der Waals surface area contributed by atoms with Crippen molar-refractivity contribution in [2.24, 2.45) is 11.5 Å². The molecule has 1 unspecified atom stereocenters. The molecule has 7 nitrogen and oxygen atoms in total. The van der Waals surface area contributed by atoms with Crippen molar-refractivity contribution in [3.8, 4) is 17.2 Å². The smallest absolute Gasteiger partial charge is 0.289 e. The van der Waals surface area contributed by atoms with E-state index in [1.807, 2.05) is 62.4 Å². The number of primary amides is 1. The molecule has 4 aromatic rings. The van der Waals surface area contributed by atoms with Crippen LogP contribution in [0.1, 0.15) is 48.0 Å². The van der Waals surface area contributed by atoms with Crippen LogP contribution < -0.4 is 11.5 Å². The Hall–Kier alpha value is -4.42. The van der Waals surface area contributed by atoms with Gasteiger partial charge < -0.3 is 11.5 Å². The number of carbonyl (C=O) groups is 1. The van der Waals surface area contributed by atoms with E-state index in [-0.39, 0.29) is 18.0 Å². The van der Waals surface area contributed by atoms with Crippen LogP contribution in [0.3, 0.4) is 0 Å². The highest BCUT2D eigenvalue weighted by Gasteiger charge is 2.34. The van der Waals surface area contributed by atoms with E-state index in [0.29, 0.717) is 34.6 Å². The zero-order chi connectivity index (χ0) is 28.5. The highest BCUT2D eigenvalue weighted by atomic mass is 19.3. The summed E-state index contributed by atoms with van der Waals surface area (Å²) in [7, 11) is 1.50. The van der Waals surface area contributed by atoms with Gasteiger partial charge in [0, 0.05) is 23.6 Å². The number of hydrogen-bond donors (Lipinski definition) is 2. The normalized spacial score (nSPS) is 11.3. The van der Waals surface area contributed by atoms with Crippen molar-refractivity contribution in [3.05, 3.63) is 89.4 Å². The lowest BCUT2D eigenvalue weighted by atomic mass is 9.96. The Kier molecular flexibility index (Phi) is 10.4. The average molecular weight is 519 g/mol. The molecule has 0 fully saturated rings. The standard InChI is InChI=1S/C27H24F2N4.CH3NO.CH5N/c1-5-21-14-23(22-8-6-7-9-24(22)31-21)25-18(3)33(32-26(25)27(4,28)29)16-19-10-12-20(13-11-19)17(2)15-30;2-1-3;1-2/h5-14,17H,1,16H2,2-4H3;1H,(H2,2,3);2H2,1H3. The number of rotatable bonds is 6. The van der Waals surface area contributed by atoms with Gasteiger partial charge >= 0.3 is 0 Å². The quantitative estimate of drug-likeness (QED) is 0.326. The van der Waals surface area contributed by atoms with Gasteiger partial charge in [-0.05, 0) is 55.8 Å². The van der Waals surface area contributed by atoms with E-state index in [4.69, 9.17) is 10.1 Å². The number of aromatic nitrogens is 3. The van der Waals surface area contributed by atoms with E-state index in [2.05, 4.69) is 34.2 Å². The number of fused-ring (bicyclic) bond motifs is 1. The van der Waals surface area contributed by atoms with Crippen molar-refractivity contribution in [2.75, 3.05) is 7.05 Å². The Bertz CT molecular complexity index is 1430. The molecule has 0 saturated heterocycles. The number of alkyl halides is 2. The van der Waals surface area contributed by atoms with E-state index < -0.39 is 5.92 Å². The summed E-state index contributed by atoms with van der Waals surface area (Å²) in [6, 6.07) is 19.1. The number of nitrogens with two attached hydrogens (primary N) is 2. The molecule has 2 aromatic carbocycles. The maximum Gasteiger partial charge on any atom is 0.289 e. The second-order valence-corrected chi connectivity index (χ2v) is 8.40. The van der Waals surface area contributed by atoms with Crippen LogP contribution in [0.25, 0.3) is 28.1 Å². The molecule has 4 N–H and O–H groups in total. The summed E-state index contributed by atoms with van der Waals surface area (Å²) in [4.78, 5) is 13.1. The lowest BCUT2D eigenvalue weighted by Gasteiger charge is -2.13. The average Bonchev–Trinajstić information content (AvgIpc) is 3.25. The fraction of sp³-hybridized carbons (Fsp3) is 0.241. The van der Waals surface area contributed by atoms with Crippen LogP contribution >= 0.6 is 0 Å².